The number of ether oxygens (including phenoxy) is 1. The van der Waals surface area contributed by atoms with Crippen molar-refractivity contribution in [1.29, 1.82) is 0 Å². The molecule has 224 valence electrons. The van der Waals surface area contributed by atoms with Gasteiger partial charge in [-0.2, -0.15) is 9.97 Å². The minimum atomic E-state index is -1.93. The van der Waals surface area contributed by atoms with Gasteiger partial charge in [0, 0.05) is 93.0 Å². The summed E-state index contributed by atoms with van der Waals surface area (Å²) in [5.74, 6) is 6.43. The van der Waals surface area contributed by atoms with Crippen LogP contribution in [0.1, 0.15) is 24.6 Å². The third-order valence-electron chi connectivity index (χ3n) is 8.62. The Hall–Kier alpha value is -3.57. The summed E-state index contributed by atoms with van der Waals surface area (Å²) in [5.41, 5.74) is 3.03. The Morgan fingerprint density at radius 2 is 1.79 bits per heavy atom. The van der Waals surface area contributed by atoms with E-state index in [9.17, 15) is 14.1 Å². The highest BCUT2D eigenvalue weighted by atomic mass is 32.2. The van der Waals surface area contributed by atoms with E-state index in [0.717, 1.165) is 59.6 Å². The quantitative estimate of drug-likeness (QED) is 0.415. The van der Waals surface area contributed by atoms with E-state index in [0.29, 0.717) is 69.8 Å². The first-order valence-corrected chi connectivity index (χ1v) is 16.9. The molecule has 1 aromatic heterocycles. The van der Waals surface area contributed by atoms with E-state index in [1.165, 1.54) is 0 Å². The fraction of sp³-hybridized carbons (Fsp3) is 0.484. The van der Waals surface area contributed by atoms with Gasteiger partial charge in [-0.05, 0) is 33.3 Å². The van der Waals surface area contributed by atoms with Gasteiger partial charge in [0.05, 0.1) is 12.2 Å². The zero-order valence-electron chi connectivity index (χ0n) is 24.3. The fourth-order valence-corrected chi connectivity index (χ4v) is 7.53. The van der Waals surface area contributed by atoms with Crippen LogP contribution in [0.4, 0.5) is 11.5 Å². The van der Waals surface area contributed by atoms with E-state index >= 15 is 0 Å². The number of piperazine rings is 1. The second-order valence-corrected chi connectivity index (χ2v) is 14.1. The number of phenols is 1. The number of carbonyl (C=O) groups is 1. The van der Waals surface area contributed by atoms with Crippen LogP contribution < -0.4 is 14.5 Å². The number of carbonyl (C=O) groups excluding carboxylic acids is 1. The molecule has 3 aliphatic heterocycles. The van der Waals surface area contributed by atoms with Crippen molar-refractivity contribution in [2.45, 2.75) is 26.3 Å². The standard InChI is InChI=1S/C31H40N6O4S/c1-3-29(39)35-10-12-36(13-11-35)30-26-8-9-37(28-21-24(38)20-23-6-4-5-7-25(23)28)22-27(26)32-31(33-30)41-17-14-34-15-18-42(2,40)19-16-34/h4-7,20-21,38H,2-3,8-19,22H2,1H3. The van der Waals surface area contributed by atoms with Crippen molar-refractivity contribution in [3.63, 3.8) is 0 Å². The predicted octanol–water partition coefficient (Wildman–Crippen LogP) is 2.37. The van der Waals surface area contributed by atoms with E-state index in [1.54, 1.807) is 6.07 Å². The first-order valence-electron chi connectivity index (χ1n) is 14.9. The molecule has 11 heteroatoms. The molecule has 0 radical (unpaired) electrons. The van der Waals surface area contributed by atoms with Crippen molar-refractivity contribution < 1.29 is 18.8 Å². The van der Waals surface area contributed by atoms with Crippen LogP contribution in [0, 0.1) is 0 Å². The Morgan fingerprint density at radius 3 is 2.55 bits per heavy atom. The maximum atomic E-state index is 12.3. The molecule has 0 bridgehead atoms. The van der Waals surface area contributed by atoms with Gasteiger partial charge in [-0.1, -0.05) is 31.2 Å². The largest absolute Gasteiger partial charge is 0.508 e. The molecule has 0 saturated carbocycles. The van der Waals surface area contributed by atoms with Crippen molar-refractivity contribution in [3.05, 3.63) is 47.7 Å². The van der Waals surface area contributed by atoms with Crippen molar-refractivity contribution in [1.82, 2.24) is 19.8 Å². The van der Waals surface area contributed by atoms with Crippen LogP contribution >= 0.6 is 0 Å². The van der Waals surface area contributed by atoms with E-state index in [1.807, 2.05) is 36.1 Å². The van der Waals surface area contributed by atoms with Crippen LogP contribution in [0.5, 0.6) is 11.8 Å². The van der Waals surface area contributed by atoms with Crippen LogP contribution in [0.15, 0.2) is 36.4 Å². The Bertz CT molecular complexity index is 1560. The number of rotatable bonds is 7. The lowest BCUT2D eigenvalue weighted by Crippen LogP contribution is -2.49. The molecule has 2 aromatic carbocycles. The number of phenolic OH excluding ortho intramolecular Hbond substituents is 1. The number of benzene rings is 2. The van der Waals surface area contributed by atoms with Crippen LogP contribution in [0.25, 0.3) is 10.8 Å². The molecule has 42 heavy (non-hydrogen) atoms. The number of amides is 1. The summed E-state index contributed by atoms with van der Waals surface area (Å²) in [7, 11) is -1.93. The summed E-state index contributed by atoms with van der Waals surface area (Å²) < 4.78 is 18.4. The van der Waals surface area contributed by atoms with Crippen LogP contribution in [-0.2, 0) is 27.3 Å². The summed E-state index contributed by atoms with van der Waals surface area (Å²) in [4.78, 5) is 30.8. The first kappa shape index (κ1) is 28.5. The van der Waals surface area contributed by atoms with Gasteiger partial charge in [0.15, 0.2) is 0 Å². The topological polar surface area (TPSA) is 102 Å². The second-order valence-electron chi connectivity index (χ2n) is 11.4. The highest BCUT2D eigenvalue weighted by Gasteiger charge is 2.29. The monoisotopic (exact) mass is 592 g/mol. The number of nitrogens with zero attached hydrogens (tertiary/aromatic N) is 6. The number of fused-ring (bicyclic) bond motifs is 2. The molecule has 1 amide bonds. The lowest BCUT2D eigenvalue weighted by atomic mass is 10.0. The molecule has 0 spiro atoms. The first-order chi connectivity index (χ1) is 20.3. The van der Waals surface area contributed by atoms with E-state index in [4.69, 9.17) is 14.7 Å². The molecule has 2 fully saturated rings. The summed E-state index contributed by atoms with van der Waals surface area (Å²) in [5, 5.41) is 12.6. The number of aromatic hydroxyl groups is 1. The molecule has 0 aliphatic carbocycles. The van der Waals surface area contributed by atoms with Crippen LogP contribution in [-0.4, -0.2) is 111 Å². The van der Waals surface area contributed by atoms with E-state index in [2.05, 4.69) is 26.6 Å². The summed E-state index contributed by atoms with van der Waals surface area (Å²) in [6, 6.07) is 12.1. The SMILES string of the molecule is C=S1(=O)CCN(CCOc2nc3c(c(N4CCN(C(=O)CC)CC4)n2)CCN(c2cc(O)cc4ccccc24)C3)CC1. The average Bonchev–Trinajstić information content (AvgIpc) is 3.00. The highest BCUT2D eigenvalue weighted by molar-refractivity contribution is 8.00. The molecule has 2 saturated heterocycles. The number of aromatic nitrogens is 2. The Labute approximate surface area is 247 Å². The normalized spacial score (nSPS) is 19.1. The van der Waals surface area contributed by atoms with Crippen molar-refractivity contribution in [3.8, 4) is 11.8 Å². The minimum absolute atomic E-state index is 0.185. The Balaban J connectivity index is 1.25. The van der Waals surface area contributed by atoms with Gasteiger partial charge in [-0.15, -0.1) is 0 Å². The number of hydrogen-bond donors (Lipinski definition) is 1. The summed E-state index contributed by atoms with van der Waals surface area (Å²) in [6.07, 6.45) is 1.28. The number of hydrogen-bond acceptors (Lipinski definition) is 9. The molecule has 0 atom stereocenters. The van der Waals surface area contributed by atoms with E-state index < -0.39 is 9.52 Å². The molecule has 3 aliphatic rings. The fourth-order valence-electron chi connectivity index (χ4n) is 6.14. The van der Waals surface area contributed by atoms with Gasteiger partial charge in [-0.3, -0.25) is 13.9 Å². The zero-order chi connectivity index (χ0) is 29.3. The third kappa shape index (κ3) is 6.12. The Morgan fingerprint density at radius 1 is 1.02 bits per heavy atom. The van der Waals surface area contributed by atoms with Gasteiger partial charge in [-0.25, -0.2) is 0 Å². The summed E-state index contributed by atoms with van der Waals surface area (Å²) >= 11 is 0. The maximum absolute atomic E-state index is 12.3. The van der Waals surface area contributed by atoms with Crippen molar-refractivity contribution >= 4 is 43.6 Å². The molecule has 6 rings (SSSR count). The van der Waals surface area contributed by atoms with Crippen LogP contribution in [0.2, 0.25) is 0 Å². The van der Waals surface area contributed by atoms with E-state index in [-0.39, 0.29) is 11.7 Å². The highest BCUT2D eigenvalue weighted by Crippen LogP contribution is 2.36. The van der Waals surface area contributed by atoms with Gasteiger partial charge >= 0.3 is 6.01 Å². The smallest absolute Gasteiger partial charge is 0.318 e. The molecule has 1 N–H and O–H groups in total. The number of anilines is 2. The van der Waals surface area contributed by atoms with Gasteiger partial charge in [0.2, 0.25) is 5.91 Å². The van der Waals surface area contributed by atoms with Gasteiger partial charge in [0.25, 0.3) is 0 Å². The molecule has 10 nitrogen and oxygen atoms in total. The van der Waals surface area contributed by atoms with Crippen LogP contribution in [0.3, 0.4) is 0 Å². The molecule has 4 heterocycles. The molecular weight excluding hydrogens is 552 g/mol. The molecule has 3 aromatic rings. The molecular formula is C31H40N6O4S. The van der Waals surface area contributed by atoms with Crippen molar-refractivity contribution in [2.75, 3.05) is 80.3 Å². The van der Waals surface area contributed by atoms with Gasteiger partial charge < -0.3 is 24.5 Å². The predicted molar refractivity (Wildman–Crippen MR) is 168 cm³/mol. The summed E-state index contributed by atoms with van der Waals surface area (Å²) in [6.45, 7) is 8.71. The zero-order valence-corrected chi connectivity index (χ0v) is 25.2. The molecule has 0 unspecified atom stereocenters. The Kier molecular flexibility index (Phi) is 8.13. The lowest BCUT2D eigenvalue weighted by Gasteiger charge is -2.38. The lowest BCUT2D eigenvalue weighted by molar-refractivity contribution is -0.131. The minimum Gasteiger partial charge on any atom is -0.508 e. The van der Waals surface area contributed by atoms with Gasteiger partial charge in [0.1, 0.15) is 18.2 Å². The second kappa shape index (κ2) is 12.0. The maximum Gasteiger partial charge on any atom is 0.318 e. The third-order valence-corrected chi connectivity index (χ3v) is 10.5. The van der Waals surface area contributed by atoms with Crippen molar-refractivity contribution in [2.24, 2.45) is 0 Å². The average molecular weight is 593 g/mol.